The van der Waals surface area contributed by atoms with E-state index in [1.807, 2.05) is 0 Å². The van der Waals surface area contributed by atoms with Gasteiger partial charge in [-0.15, -0.1) is 0 Å². The van der Waals surface area contributed by atoms with Gasteiger partial charge >= 0.3 is 0 Å². The summed E-state index contributed by atoms with van der Waals surface area (Å²) in [6.07, 6.45) is 5.76. The third kappa shape index (κ3) is 3.17. The fourth-order valence-corrected chi connectivity index (χ4v) is 2.54. The van der Waals surface area contributed by atoms with E-state index in [1.54, 1.807) is 12.4 Å². The van der Waals surface area contributed by atoms with Crippen LogP contribution in [0.4, 0.5) is 16.0 Å². The van der Waals surface area contributed by atoms with Crippen LogP contribution < -0.4 is 10.2 Å². The van der Waals surface area contributed by atoms with Gasteiger partial charge in [0.2, 0.25) is 5.95 Å². The van der Waals surface area contributed by atoms with Crippen molar-refractivity contribution >= 4 is 23.8 Å². The number of amides is 1. The van der Waals surface area contributed by atoms with Gasteiger partial charge in [0, 0.05) is 18.7 Å². The van der Waals surface area contributed by atoms with E-state index in [-0.39, 0.29) is 23.4 Å². The van der Waals surface area contributed by atoms with Crippen molar-refractivity contribution in [2.24, 2.45) is 0 Å². The largest absolute Gasteiger partial charge is 0.504 e. The van der Waals surface area contributed by atoms with Gasteiger partial charge in [0.25, 0.3) is 5.91 Å². The molecule has 2 N–H and O–H groups in total. The van der Waals surface area contributed by atoms with Crippen LogP contribution >= 0.6 is 0 Å². The summed E-state index contributed by atoms with van der Waals surface area (Å²) < 4.78 is 13.5. The van der Waals surface area contributed by atoms with Crippen LogP contribution in [0.1, 0.15) is 33.6 Å². The molecule has 0 bridgehead atoms. The van der Waals surface area contributed by atoms with Crippen LogP contribution in [0, 0.1) is 5.82 Å². The summed E-state index contributed by atoms with van der Waals surface area (Å²) in [4.78, 5) is 33.2. The van der Waals surface area contributed by atoms with Crippen LogP contribution in [0.2, 0.25) is 0 Å². The molecule has 0 atom stereocenters. The summed E-state index contributed by atoms with van der Waals surface area (Å²) >= 11 is 0. The van der Waals surface area contributed by atoms with Crippen molar-refractivity contribution in [3.8, 4) is 5.75 Å². The van der Waals surface area contributed by atoms with E-state index in [4.69, 9.17) is 0 Å². The molecular formula is C16H15FN4O3. The van der Waals surface area contributed by atoms with Gasteiger partial charge in [-0.3, -0.25) is 14.9 Å². The molecular weight excluding hydrogens is 315 g/mol. The summed E-state index contributed by atoms with van der Waals surface area (Å²) in [5.41, 5.74) is 0.467. The number of aromatic nitrogens is 2. The van der Waals surface area contributed by atoms with Crippen LogP contribution in [0.25, 0.3) is 0 Å². The molecule has 1 aromatic carbocycles. The van der Waals surface area contributed by atoms with Crippen molar-refractivity contribution in [1.82, 2.24) is 9.97 Å². The third-order valence-corrected chi connectivity index (χ3v) is 3.82. The van der Waals surface area contributed by atoms with Gasteiger partial charge in [-0.05, 0) is 25.0 Å². The molecule has 7 nitrogen and oxygen atoms in total. The molecule has 0 radical (unpaired) electrons. The van der Waals surface area contributed by atoms with Gasteiger partial charge in [-0.2, -0.15) is 0 Å². The SMILES string of the molecule is O=Cc1cc(C(=O)Nc2ncc(N3CCCC3)cn2)cc(F)c1O. The zero-order chi connectivity index (χ0) is 17.1. The van der Waals surface area contributed by atoms with Crippen LogP contribution in [0.15, 0.2) is 24.5 Å². The second-order valence-electron chi connectivity index (χ2n) is 5.43. The Kier molecular flexibility index (Phi) is 4.37. The second kappa shape index (κ2) is 6.61. The molecule has 1 fully saturated rings. The Bertz CT molecular complexity index is 774. The zero-order valence-corrected chi connectivity index (χ0v) is 12.7. The number of benzene rings is 1. The van der Waals surface area contributed by atoms with Crippen LogP contribution in [-0.4, -0.2) is 40.4 Å². The monoisotopic (exact) mass is 330 g/mol. The quantitative estimate of drug-likeness (QED) is 0.833. The normalized spacial score (nSPS) is 13.8. The van der Waals surface area contributed by atoms with E-state index in [9.17, 15) is 19.1 Å². The smallest absolute Gasteiger partial charge is 0.258 e. The molecule has 124 valence electrons. The summed E-state index contributed by atoms with van der Waals surface area (Å²) in [5.74, 6) is -2.43. The van der Waals surface area contributed by atoms with E-state index in [2.05, 4.69) is 20.2 Å². The fraction of sp³-hybridized carbons (Fsp3) is 0.250. The Morgan fingerprint density at radius 3 is 2.54 bits per heavy atom. The first-order valence-electron chi connectivity index (χ1n) is 7.44. The van der Waals surface area contributed by atoms with Crippen molar-refractivity contribution in [3.05, 3.63) is 41.5 Å². The lowest BCUT2D eigenvalue weighted by atomic mass is 10.1. The number of aromatic hydroxyl groups is 1. The predicted octanol–water partition coefficient (Wildman–Crippen LogP) is 1.99. The number of aldehydes is 1. The van der Waals surface area contributed by atoms with Crippen LogP contribution in [-0.2, 0) is 0 Å². The summed E-state index contributed by atoms with van der Waals surface area (Å²) in [5, 5.41) is 11.8. The second-order valence-corrected chi connectivity index (χ2v) is 5.43. The van der Waals surface area contributed by atoms with Crippen molar-refractivity contribution in [2.75, 3.05) is 23.3 Å². The standard InChI is InChI=1S/C16H15FN4O3/c17-13-6-10(5-11(9-22)14(13)23)15(24)20-16-18-7-12(8-19-16)21-3-1-2-4-21/h5-9,23H,1-4H2,(H,18,19,20,24). The van der Waals surface area contributed by atoms with E-state index in [0.29, 0.717) is 0 Å². The fourth-order valence-electron chi connectivity index (χ4n) is 2.54. The topological polar surface area (TPSA) is 95.4 Å². The van der Waals surface area contributed by atoms with Crippen molar-refractivity contribution < 1.29 is 19.1 Å². The minimum absolute atomic E-state index is 0.0732. The number of anilines is 2. The van der Waals surface area contributed by atoms with E-state index >= 15 is 0 Å². The maximum absolute atomic E-state index is 13.5. The molecule has 0 saturated carbocycles. The van der Waals surface area contributed by atoms with Gasteiger partial charge in [0.15, 0.2) is 17.9 Å². The van der Waals surface area contributed by atoms with Crippen LogP contribution in [0.5, 0.6) is 5.75 Å². The average molecular weight is 330 g/mol. The summed E-state index contributed by atoms with van der Waals surface area (Å²) in [6.45, 7) is 1.91. The van der Waals surface area contributed by atoms with Crippen LogP contribution in [0.3, 0.4) is 0 Å². The molecule has 24 heavy (non-hydrogen) atoms. The number of hydrogen-bond donors (Lipinski definition) is 2. The molecule has 2 aromatic rings. The van der Waals surface area contributed by atoms with E-state index < -0.39 is 17.5 Å². The summed E-state index contributed by atoms with van der Waals surface area (Å²) in [7, 11) is 0. The number of halogens is 1. The number of carbonyl (C=O) groups is 2. The Labute approximate surface area is 137 Å². The maximum Gasteiger partial charge on any atom is 0.258 e. The molecule has 1 amide bonds. The summed E-state index contributed by atoms with van der Waals surface area (Å²) in [6, 6.07) is 1.94. The molecule has 0 unspecified atom stereocenters. The van der Waals surface area contributed by atoms with Crippen molar-refractivity contribution in [2.45, 2.75) is 12.8 Å². The molecule has 3 rings (SSSR count). The minimum atomic E-state index is -1.05. The Morgan fingerprint density at radius 2 is 1.92 bits per heavy atom. The van der Waals surface area contributed by atoms with Gasteiger partial charge < -0.3 is 10.0 Å². The zero-order valence-electron chi connectivity index (χ0n) is 12.7. The lowest BCUT2D eigenvalue weighted by Crippen LogP contribution is -2.19. The van der Waals surface area contributed by atoms with Crippen molar-refractivity contribution in [1.29, 1.82) is 0 Å². The number of hydrogen-bond acceptors (Lipinski definition) is 6. The highest BCUT2D eigenvalue weighted by Gasteiger charge is 2.16. The molecule has 1 aliphatic heterocycles. The number of nitrogens with zero attached hydrogens (tertiary/aromatic N) is 3. The molecule has 1 aliphatic rings. The molecule has 1 aromatic heterocycles. The highest BCUT2D eigenvalue weighted by molar-refractivity contribution is 6.04. The maximum atomic E-state index is 13.5. The average Bonchev–Trinajstić information content (AvgIpc) is 3.12. The first-order valence-corrected chi connectivity index (χ1v) is 7.44. The number of carbonyl (C=O) groups excluding carboxylic acids is 2. The first kappa shape index (κ1) is 15.9. The Morgan fingerprint density at radius 1 is 1.25 bits per heavy atom. The molecule has 0 spiro atoms. The highest BCUT2D eigenvalue weighted by atomic mass is 19.1. The van der Waals surface area contributed by atoms with Gasteiger partial charge in [0.1, 0.15) is 0 Å². The molecule has 2 heterocycles. The van der Waals surface area contributed by atoms with E-state index in [1.165, 1.54) is 0 Å². The van der Waals surface area contributed by atoms with Gasteiger partial charge in [0.05, 0.1) is 23.6 Å². The molecule has 1 saturated heterocycles. The predicted molar refractivity (Wildman–Crippen MR) is 84.9 cm³/mol. The number of phenolic OH excluding ortho intramolecular Hbond substituents is 1. The molecule has 0 aliphatic carbocycles. The highest BCUT2D eigenvalue weighted by Crippen LogP contribution is 2.22. The van der Waals surface area contributed by atoms with Gasteiger partial charge in [-0.1, -0.05) is 0 Å². The molecule has 8 heteroatoms. The lowest BCUT2D eigenvalue weighted by molar-refractivity contribution is 0.102. The lowest BCUT2D eigenvalue weighted by Gasteiger charge is -2.16. The first-order chi connectivity index (χ1) is 11.6. The number of phenols is 1. The minimum Gasteiger partial charge on any atom is -0.504 e. The number of rotatable bonds is 4. The third-order valence-electron chi connectivity index (χ3n) is 3.82. The van der Waals surface area contributed by atoms with Gasteiger partial charge in [-0.25, -0.2) is 14.4 Å². The Hall–Kier alpha value is -3.03. The Balaban J connectivity index is 1.75. The van der Waals surface area contributed by atoms with E-state index in [0.717, 1.165) is 43.8 Å². The van der Waals surface area contributed by atoms with Crippen molar-refractivity contribution in [3.63, 3.8) is 0 Å². The number of nitrogens with one attached hydrogen (secondary N) is 1.